The van der Waals surface area contributed by atoms with Crippen molar-refractivity contribution in [2.45, 2.75) is 44.7 Å². The molecule has 1 aliphatic rings. The van der Waals surface area contributed by atoms with Crippen molar-refractivity contribution in [3.63, 3.8) is 0 Å². The van der Waals surface area contributed by atoms with Gasteiger partial charge in [-0.3, -0.25) is 0 Å². The molecule has 2 rings (SSSR count). The van der Waals surface area contributed by atoms with Gasteiger partial charge in [0, 0.05) is 12.1 Å². The highest BCUT2D eigenvalue weighted by Gasteiger charge is 2.27. The van der Waals surface area contributed by atoms with Gasteiger partial charge in [0.1, 0.15) is 5.75 Å². The molecule has 0 bridgehead atoms. The molecule has 0 unspecified atom stereocenters. The summed E-state index contributed by atoms with van der Waals surface area (Å²) in [6, 6.07) is 8.28. The first-order valence-corrected chi connectivity index (χ1v) is 6.10. The molecule has 0 aliphatic heterocycles. The van der Waals surface area contributed by atoms with Crippen molar-refractivity contribution in [2.24, 2.45) is 0 Å². The van der Waals surface area contributed by atoms with Gasteiger partial charge in [0.05, 0.1) is 7.11 Å². The minimum Gasteiger partial charge on any atom is -0.497 e. The highest BCUT2D eigenvalue weighted by molar-refractivity contribution is 5.28. The van der Waals surface area contributed by atoms with Crippen LogP contribution in [0.2, 0.25) is 0 Å². The minimum absolute atomic E-state index is 0.350. The number of hydrogen-bond donors (Lipinski definition) is 1. The van der Waals surface area contributed by atoms with Crippen LogP contribution in [-0.2, 0) is 6.54 Å². The van der Waals surface area contributed by atoms with Crippen molar-refractivity contribution in [3.05, 3.63) is 29.8 Å². The number of methoxy groups -OCH3 is 1. The van der Waals surface area contributed by atoms with Crippen LogP contribution in [0, 0.1) is 0 Å². The molecule has 1 aliphatic carbocycles. The third-order valence-electron chi connectivity index (χ3n) is 3.56. The highest BCUT2D eigenvalue weighted by Crippen LogP contribution is 2.29. The molecule has 1 aromatic rings. The molecular formula is C14H21NO. The Hall–Kier alpha value is -1.02. The van der Waals surface area contributed by atoms with Crippen molar-refractivity contribution in [1.29, 1.82) is 0 Å². The van der Waals surface area contributed by atoms with Crippen LogP contribution < -0.4 is 10.1 Å². The maximum absolute atomic E-state index is 5.22. The van der Waals surface area contributed by atoms with Gasteiger partial charge in [-0.1, -0.05) is 25.0 Å². The van der Waals surface area contributed by atoms with Crippen LogP contribution in [0.1, 0.15) is 38.2 Å². The van der Waals surface area contributed by atoms with Crippen LogP contribution in [0.3, 0.4) is 0 Å². The summed E-state index contributed by atoms with van der Waals surface area (Å²) in [4.78, 5) is 0. The monoisotopic (exact) mass is 219 g/mol. The normalized spacial score (nSPS) is 18.6. The van der Waals surface area contributed by atoms with E-state index in [0.717, 1.165) is 12.3 Å². The van der Waals surface area contributed by atoms with Gasteiger partial charge in [0.2, 0.25) is 0 Å². The largest absolute Gasteiger partial charge is 0.497 e. The molecule has 0 aromatic heterocycles. The average Bonchev–Trinajstić information content (AvgIpc) is 2.75. The molecule has 0 heterocycles. The lowest BCUT2D eigenvalue weighted by Crippen LogP contribution is -2.38. The van der Waals surface area contributed by atoms with Crippen molar-refractivity contribution in [3.8, 4) is 5.75 Å². The van der Waals surface area contributed by atoms with E-state index in [0.29, 0.717) is 5.54 Å². The Balaban J connectivity index is 1.93. The fourth-order valence-electron chi connectivity index (χ4n) is 2.43. The lowest BCUT2D eigenvalue weighted by atomic mass is 10.0. The van der Waals surface area contributed by atoms with Gasteiger partial charge < -0.3 is 10.1 Å². The molecule has 1 N–H and O–H groups in total. The minimum atomic E-state index is 0.350. The molecule has 0 saturated heterocycles. The van der Waals surface area contributed by atoms with Gasteiger partial charge in [0.15, 0.2) is 0 Å². The quantitative estimate of drug-likeness (QED) is 0.840. The Kier molecular flexibility index (Phi) is 3.49. The van der Waals surface area contributed by atoms with E-state index in [-0.39, 0.29) is 0 Å². The first-order chi connectivity index (χ1) is 7.72. The first-order valence-electron chi connectivity index (χ1n) is 6.10. The van der Waals surface area contributed by atoms with Gasteiger partial charge in [-0.2, -0.15) is 0 Å². The summed E-state index contributed by atoms with van der Waals surface area (Å²) in [7, 11) is 1.71. The summed E-state index contributed by atoms with van der Waals surface area (Å²) in [6.07, 6.45) is 5.33. The SMILES string of the molecule is COc1cccc(CNC2(C)CCCC2)c1. The predicted octanol–water partition coefficient (Wildman–Crippen LogP) is 3.12. The summed E-state index contributed by atoms with van der Waals surface area (Å²) >= 11 is 0. The topological polar surface area (TPSA) is 21.3 Å². The van der Waals surface area contributed by atoms with Crippen LogP contribution in [0.25, 0.3) is 0 Å². The average molecular weight is 219 g/mol. The van der Waals surface area contributed by atoms with Gasteiger partial charge in [-0.15, -0.1) is 0 Å². The summed E-state index contributed by atoms with van der Waals surface area (Å²) in [5.41, 5.74) is 1.65. The zero-order chi connectivity index (χ0) is 11.4. The zero-order valence-corrected chi connectivity index (χ0v) is 10.3. The summed E-state index contributed by atoms with van der Waals surface area (Å²) in [5, 5.41) is 3.67. The molecule has 88 valence electrons. The van der Waals surface area contributed by atoms with Crippen LogP contribution in [0.15, 0.2) is 24.3 Å². The van der Waals surface area contributed by atoms with Gasteiger partial charge >= 0.3 is 0 Å². The van der Waals surface area contributed by atoms with Gasteiger partial charge in [-0.25, -0.2) is 0 Å². The summed E-state index contributed by atoms with van der Waals surface area (Å²) in [5.74, 6) is 0.941. The Labute approximate surface area is 98.0 Å². The first kappa shape index (κ1) is 11.5. The third-order valence-corrected chi connectivity index (χ3v) is 3.56. The number of hydrogen-bond acceptors (Lipinski definition) is 2. The lowest BCUT2D eigenvalue weighted by molar-refractivity contribution is 0.362. The molecule has 1 fully saturated rings. The van der Waals surface area contributed by atoms with E-state index >= 15 is 0 Å². The molecule has 1 saturated carbocycles. The van der Waals surface area contributed by atoms with Crippen LogP contribution in [-0.4, -0.2) is 12.6 Å². The number of nitrogens with one attached hydrogen (secondary N) is 1. The summed E-state index contributed by atoms with van der Waals surface area (Å²) in [6.45, 7) is 3.27. The number of ether oxygens (including phenoxy) is 1. The lowest BCUT2D eigenvalue weighted by Gasteiger charge is -2.25. The van der Waals surface area contributed by atoms with E-state index in [9.17, 15) is 0 Å². The van der Waals surface area contributed by atoms with Crippen molar-refractivity contribution >= 4 is 0 Å². The van der Waals surface area contributed by atoms with Crippen molar-refractivity contribution < 1.29 is 4.74 Å². The molecule has 0 radical (unpaired) electrons. The maximum Gasteiger partial charge on any atom is 0.119 e. The molecule has 1 aromatic carbocycles. The molecule has 2 heteroatoms. The molecule has 2 nitrogen and oxygen atoms in total. The van der Waals surface area contributed by atoms with E-state index in [1.807, 2.05) is 12.1 Å². The zero-order valence-electron chi connectivity index (χ0n) is 10.3. The number of benzene rings is 1. The van der Waals surface area contributed by atoms with E-state index in [2.05, 4.69) is 24.4 Å². The Morgan fingerprint density at radius 3 is 2.75 bits per heavy atom. The Morgan fingerprint density at radius 2 is 2.06 bits per heavy atom. The van der Waals surface area contributed by atoms with Crippen LogP contribution >= 0.6 is 0 Å². The van der Waals surface area contributed by atoms with E-state index in [1.54, 1.807) is 7.11 Å². The Morgan fingerprint density at radius 1 is 1.31 bits per heavy atom. The second-order valence-electron chi connectivity index (χ2n) is 4.97. The molecule has 0 spiro atoms. The van der Waals surface area contributed by atoms with Crippen LogP contribution in [0.4, 0.5) is 0 Å². The highest BCUT2D eigenvalue weighted by atomic mass is 16.5. The maximum atomic E-state index is 5.22. The van der Waals surface area contributed by atoms with Gasteiger partial charge in [0.25, 0.3) is 0 Å². The fourth-order valence-corrected chi connectivity index (χ4v) is 2.43. The second-order valence-corrected chi connectivity index (χ2v) is 4.97. The predicted molar refractivity (Wildman–Crippen MR) is 66.7 cm³/mol. The molecule has 0 atom stereocenters. The van der Waals surface area contributed by atoms with E-state index in [1.165, 1.54) is 31.2 Å². The molecular weight excluding hydrogens is 198 g/mol. The summed E-state index contributed by atoms with van der Waals surface area (Å²) < 4.78 is 5.22. The van der Waals surface area contributed by atoms with Crippen LogP contribution in [0.5, 0.6) is 5.75 Å². The molecule has 0 amide bonds. The second kappa shape index (κ2) is 4.88. The fraction of sp³-hybridized carbons (Fsp3) is 0.571. The smallest absolute Gasteiger partial charge is 0.119 e. The third kappa shape index (κ3) is 2.76. The number of rotatable bonds is 4. The Bertz CT molecular complexity index is 342. The van der Waals surface area contributed by atoms with E-state index < -0.39 is 0 Å². The van der Waals surface area contributed by atoms with Crippen molar-refractivity contribution in [2.75, 3.05) is 7.11 Å². The van der Waals surface area contributed by atoms with E-state index in [4.69, 9.17) is 4.74 Å². The van der Waals surface area contributed by atoms with Crippen molar-refractivity contribution in [1.82, 2.24) is 5.32 Å². The standard InChI is InChI=1S/C14H21NO/c1-14(8-3-4-9-14)15-11-12-6-5-7-13(10-12)16-2/h5-7,10,15H,3-4,8-9,11H2,1-2H3. The molecule has 16 heavy (non-hydrogen) atoms. The van der Waals surface area contributed by atoms with Gasteiger partial charge in [-0.05, 0) is 37.5 Å².